The van der Waals surface area contributed by atoms with E-state index >= 15 is 0 Å². The van der Waals surface area contributed by atoms with Crippen LogP contribution >= 0.6 is 22.6 Å². The van der Waals surface area contributed by atoms with Gasteiger partial charge in [0.25, 0.3) is 0 Å². The predicted octanol–water partition coefficient (Wildman–Crippen LogP) is 2.55. The Morgan fingerprint density at radius 3 is 2.70 bits per heavy atom. The summed E-state index contributed by atoms with van der Waals surface area (Å²) < 4.78 is 6.50. The first-order chi connectivity index (χ1) is 4.88. The van der Waals surface area contributed by atoms with Gasteiger partial charge in [0.05, 0.1) is 12.2 Å². The molecule has 0 aromatic carbocycles. The molecule has 0 bridgehead atoms. The number of epoxide rings is 1. The molecule has 1 fully saturated rings. The third-order valence-corrected chi connectivity index (χ3v) is 2.48. The zero-order chi connectivity index (χ0) is 7.40. The monoisotopic (exact) mass is 252 g/mol. The third kappa shape index (κ3) is 2.58. The molecule has 2 heteroatoms. The fraction of sp³-hybridized carbons (Fsp3) is 0.750. The van der Waals surface area contributed by atoms with Crippen LogP contribution < -0.4 is 0 Å². The van der Waals surface area contributed by atoms with Crippen molar-refractivity contribution in [2.45, 2.75) is 32.0 Å². The normalized spacial score (nSPS) is 31.4. The highest BCUT2D eigenvalue weighted by Gasteiger charge is 2.35. The van der Waals surface area contributed by atoms with E-state index < -0.39 is 0 Å². The highest BCUT2D eigenvalue weighted by atomic mass is 127. The fourth-order valence-corrected chi connectivity index (χ4v) is 1.69. The molecule has 1 aliphatic rings. The van der Waals surface area contributed by atoms with E-state index in [0.717, 1.165) is 17.3 Å². The molecule has 1 aliphatic heterocycles. The largest absolute Gasteiger partial charge is 0.368 e. The molecule has 1 nitrogen and oxygen atoms in total. The highest BCUT2D eigenvalue weighted by Crippen LogP contribution is 2.27. The molecule has 2 atom stereocenters. The van der Waals surface area contributed by atoms with Crippen LogP contribution in [0.25, 0.3) is 0 Å². The van der Waals surface area contributed by atoms with Gasteiger partial charge in [0.2, 0.25) is 0 Å². The van der Waals surface area contributed by atoms with E-state index in [4.69, 9.17) is 4.74 Å². The Morgan fingerprint density at radius 2 is 2.20 bits per heavy atom. The van der Waals surface area contributed by atoms with Crippen LogP contribution in [0.4, 0.5) is 0 Å². The van der Waals surface area contributed by atoms with E-state index in [0.29, 0.717) is 12.2 Å². The summed E-state index contributed by atoms with van der Waals surface area (Å²) >= 11 is 2.37. The lowest BCUT2D eigenvalue weighted by molar-refractivity contribution is 0.383. The van der Waals surface area contributed by atoms with Crippen molar-refractivity contribution < 1.29 is 4.74 Å². The summed E-state index contributed by atoms with van der Waals surface area (Å²) in [6.45, 7) is 2.15. The smallest absolute Gasteiger partial charge is 0.0934 e. The van der Waals surface area contributed by atoms with E-state index in [2.05, 4.69) is 41.7 Å². The van der Waals surface area contributed by atoms with Crippen molar-refractivity contribution in [3.05, 3.63) is 12.2 Å². The van der Waals surface area contributed by atoms with Gasteiger partial charge in [-0.25, -0.2) is 0 Å². The highest BCUT2D eigenvalue weighted by molar-refractivity contribution is 14.1. The second kappa shape index (κ2) is 4.34. The van der Waals surface area contributed by atoms with Crippen molar-refractivity contribution in [2.24, 2.45) is 0 Å². The molecule has 0 aliphatic carbocycles. The lowest BCUT2D eigenvalue weighted by Gasteiger charge is -1.83. The van der Waals surface area contributed by atoms with E-state index in [1.54, 1.807) is 0 Å². The van der Waals surface area contributed by atoms with Crippen LogP contribution in [0.15, 0.2) is 12.2 Å². The Kier molecular flexibility index (Phi) is 3.70. The Hall–Kier alpha value is 0.430. The molecule has 1 rings (SSSR count). The van der Waals surface area contributed by atoms with Gasteiger partial charge >= 0.3 is 0 Å². The molecule has 0 aromatic heterocycles. The minimum atomic E-state index is 0.541. The lowest BCUT2D eigenvalue weighted by atomic mass is 10.2. The Morgan fingerprint density at radius 1 is 1.40 bits per heavy atom. The van der Waals surface area contributed by atoms with Crippen LogP contribution in [0, 0.1) is 0 Å². The number of alkyl halides is 1. The summed E-state index contributed by atoms with van der Waals surface area (Å²) in [6, 6.07) is 0. The Bertz CT molecular complexity index is 122. The number of hydrogen-bond donors (Lipinski definition) is 0. The number of rotatable bonds is 4. The van der Waals surface area contributed by atoms with Crippen molar-refractivity contribution >= 4 is 22.6 Å². The summed E-state index contributed by atoms with van der Waals surface area (Å²) in [5.74, 6) is 0. The quantitative estimate of drug-likeness (QED) is 0.324. The van der Waals surface area contributed by atoms with Gasteiger partial charge < -0.3 is 4.74 Å². The van der Waals surface area contributed by atoms with Crippen molar-refractivity contribution in [1.82, 2.24) is 0 Å². The van der Waals surface area contributed by atoms with Crippen molar-refractivity contribution in [2.75, 3.05) is 4.43 Å². The molecule has 0 aromatic rings. The van der Waals surface area contributed by atoms with Gasteiger partial charge in [-0.05, 0) is 12.8 Å². The molecule has 58 valence electrons. The van der Waals surface area contributed by atoms with Gasteiger partial charge in [-0.3, -0.25) is 0 Å². The van der Waals surface area contributed by atoms with Crippen LogP contribution in [0.1, 0.15) is 19.8 Å². The topological polar surface area (TPSA) is 12.5 Å². The summed E-state index contributed by atoms with van der Waals surface area (Å²) in [5, 5.41) is 0. The minimum absolute atomic E-state index is 0.541. The minimum Gasteiger partial charge on any atom is -0.368 e. The van der Waals surface area contributed by atoms with E-state index in [9.17, 15) is 0 Å². The average molecular weight is 252 g/mol. The molecule has 0 unspecified atom stereocenters. The molecule has 0 amide bonds. The maximum Gasteiger partial charge on any atom is 0.0934 e. The van der Waals surface area contributed by atoms with Crippen LogP contribution in [-0.2, 0) is 4.74 Å². The second-order valence-corrected chi connectivity index (χ2v) is 3.36. The van der Waals surface area contributed by atoms with Gasteiger partial charge in [-0.2, -0.15) is 0 Å². The maximum absolute atomic E-state index is 5.35. The first kappa shape index (κ1) is 8.53. The molecule has 0 saturated carbocycles. The zero-order valence-corrected chi connectivity index (χ0v) is 8.37. The molecule has 1 heterocycles. The van der Waals surface area contributed by atoms with Gasteiger partial charge in [0, 0.05) is 4.43 Å². The molecule has 0 spiro atoms. The predicted molar refractivity (Wildman–Crippen MR) is 51.6 cm³/mol. The fourth-order valence-electron chi connectivity index (χ4n) is 0.919. The van der Waals surface area contributed by atoms with Crippen LogP contribution in [0.2, 0.25) is 0 Å². The van der Waals surface area contributed by atoms with Gasteiger partial charge in [0.1, 0.15) is 0 Å². The van der Waals surface area contributed by atoms with Crippen LogP contribution in [0.5, 0.6) is 0 Å². The Labute approximate surface area is 76.0 Å². The molecular weight excluding hydrogens is 239 g/mol. The third-order valence-electron chi connectivity index (χ3n) is 1.61. The first-order valence-corrected chi connectivity index (χ1v) is 5.27. The van der Waals surface area contributed by atoms with Crippen LogP contribution in [0.3, 0.4) is 0 Å². The van der Waals surface area contributed by atoms with Gasteiger partial charge in [0.15, 0.2) is 0 Å². The first-order valence-electron chi connectivity index (χ1n) is 3.75. The number of halogens is 1. The van der Waals surface area contributed by atoms with E-state index in [-0.39, 0.29) is 0 Å². The molecular formula is C8H13IO. The van der Waals surface area contributed by atoms with Crippen molar-refractivity contribution in [3.63, 3.8) is 0 Å². The van der Waals surface area contributed by atoms with Crippen molar-refractivity contribution in [1.29, 1.82) is 0 Å². The number of ether oxygens (including phenoxy) is 1. The van der Waals surface area contributed by atoms with Crippen LogP contribution in [-0.4, -0.2) is 16.6 Å². The SMILES string of the molecule is CC/C=C\C[C@@H]1O[C@H]1CI. The average Bonchev–Trinajstić information content (AvgIpc) is 2.68. The second-order valence-electron chi connectivity index (χ2n) is 2.48. The Balaban J connectivity index is 2.01. The zero-order valence-electron chi connectivity index (χ0n) is 6.22. The molecule has 0 N–H and O–H groups in total. The standard InChI is InChI=1S/C8H13IO/c1-2-3-4-5-7-8(6-9)10-7/h3-4,7-8H,2,5-6H2,1H3/b4-3-/t7-,8-/m0/s1. The number of hydrogen-bond acceptors (Lipinski definition) is 1. The van der Waals surface area contributed by atoms with E-state index in [1.807, 2.05) is 0 Å². The van der Waals surface area contributed by atoms with Gasteiger partial charge in [-0.15, -0.1) is 0 Å². The molecule has 0 radical (unpaired) electrons. The van der Waals surface area contributed by atoms with E-state index in [1.165, 1.54) is 0 Å². The summed E-state index contributed by atoms with van der Waals surface area (Å²) in [7, 11) is 0. The maximum atomic E-state index is 5.35. The molecule has 10 heavy (non-hydrogen) atoms. The lowest BCUT2D eigenvalue weighted by Crippen LogP contribution is -1.91. The summed E-state index contributed by atoms with van der Waals surface area (Å²) in [5.41, 5.74) is 0. The summed E-state index contributed by atoms with van der Waals surface area (Å²) in [6.07, 6.45) is 7.77. The number of allylic oxidation sites excluding steroid dienone is 1. The summed E-state index contributed by atoms with van der Waals surface area (Å²) in [4.78, 5) is 0. The molecule has 1 saturated heterocycles. The van der Waals surface area contributed by atoms with Gasteiger partial charge in [-0.1, -0.05) is 41.7 Å². The van der Waals surface area contributed by atoms with Crippen molar-refractivity contribution in [3.8, 4) is 0 Å².